The molecule has 5 nitrogen and oxygen atoms in total. The van der Waals surface area contributed by atoms with Crippen molar-refractivity contribution < 1.29 is 24.5 Å². The number of hydrogen-bond acceptors (Lipinski definition) is 3. The van der Waals surface area contributed by atoms with Crippen LogP contribution in [0.25, 0.3) is 0 Å². The van der Waals surface area contributed by atoms with Crippen LogP contribution in [-0.2, 0) is 4.79 Å². The summed E-state index contributed by atoms with van der Waals surface area (Å²) in [6, 6.07) is 4.50. The van der Waals surface area contributed by atoms with Crippen molar-refractivity contribution in [2.45, 2.75) is 12.3 Å². The van der Waals surface area contributed by atoms with Gasteiger partial charge in [0.15, 0.2) is 0 Å². The van der Waals surface area contributed by atoms with Gasteiger partial charge in [-0.2, -0.15) is 0 Å². The number of hydrogen-bond donors (Lipinski definition) is 2. The highest BCUT2D eigenvalue weighted by atomic mass is 16.5. The van der Waals surface area contributed by atoms with Crippen molar-refractivity contribution in [3.05, 3.63) is 29.3 Å². The first-order valence-corrected chi connectivity index (χ1v) is 4.80. The molecule has 1 aromatic carbocycles. The van der Waals surface area contributed by atoms with Gasteiger partial charge in [0.25, 0.3) is 0 Å². The van der Waals surface area contributed by atoms with Gasteiger partial charge in [0.2, 0.25) is 0 Å². The molecule has 1 unspecified atom stereocenters. The molecule has 0 radical (unpaired) electrons. The van der Waals surface area contributed by atoms with E-state index in [9.17, 15) is 9.59 Å². The largest absolute Gasteiger partial charge is 0.493 e. The third kappa shape index (κ3) is 1.84. The molecular weight excluding hydrogens is 212 g/mol. The number of carboxylic acids is 2. The molecule has 1 aromatic rings. The first kappa shape index (κ1) is 10.5. The van der Waals surface area contributed by atoms with E-state index in [4.69, 9.17) is 14.9 Å². The number of rotatable bonds is 3. The Morgan fingerprint density at radius 3 is 2.75 bits per heavy atom. The van der Waals surface area contributed by atoms with Crippen LogP contribution < -0.4 is 4.74 Å². The summed E-state index contributed by atoms with van der Waals surface area (Å²) in [4.78, 5) is 21.4. The maximum atomic E-state index is 10.8. The second-order valence-corrected chi connectivity index (χ2v) is 3.66. The smallest absolute Gasteiger partial charge is 0.335 e. The summed E-state index contributed by atoms with van der Waals surface area (Å²) in [5.41, 5.74) is 0.821. The van der Waals surface area contributed by atoms with Crippen LogP contribution in [0.5, 0.6) is 5.75 Å². The lowest BCUT2D eigenvalue weighted by Crippen LogP contribution is -2.07. The second kappa shape index (κ2) is 3.84. The summed E-state index contributed by atoms with van der Waals surface area (Å²) < 4.78 is 5.29. The number of carbonyl (C=O) groups is 2. The molecule has 0 saturated heterocycles. The van der Waals surface area contributed by atoms with Crippen molar-refractivity contribution in [1.29, 1.82) is 0 Å². The lowest BCUT2D eigenvalue weighted by atomic mass is 9.96. The molecule has 2 N–H and O–H groups in total. The van der Waals surface area contributed by atoms with Gasteiger partial charge in [-0.15, -0.1) is 0 Å². The van der Waals surface area contributed by atoms with Crippen molar-refractivity contribution in [3.63, 3.8) is 0 Å². The number of aromatic carboxylic acids is 1. The molecule has 0 aromatic heterocycles. The Kier molecular flexibility index (Phi) is 2.52. The molecule has 0 bridgehead atoms. The van der Waals surface area contributed by atoms with Crippen LogP contribution in [0.3, 0.4) is 0 Å². The van der Waals surface area contributed by atoms with Crippen molar-refractivity contribution in [2.75, 3.05) is 6.61 Å². The number of aliphatic carboxylic acids is 1. The zero-order valence-electron chi connectivity index (χ0n) is 8.34. The molecule has 16 heavy (non-hydrogen) atoms. The zero-order valence-corrected chi connectivity index (χ0v) is 8.34. The predicted molar refractivity (Wildman–Crippen MR) is 53.9 cm³/mol. The van der Waals surface area contributed by atoms with Crippen LogP contribution in [0, 0.1) is 0 Å². The average Bonchev–Trinajstić information content (AvgIpc) is 2.60. The summed E-state index contributed by atoms with van der Waals surface area (Å²) in [5, 5.41) is 17.5. The summed E-state index contributed by atoms with van der Waals surface area (Å²) >= 11 is 0. The van der Waals surface area contributed by atoms with Crippen LogP contribution in [0.15, 0.2) is 18.2 Å². The van der Waals surface area contributed by atoms with E-state index < -0.39 is 11.9 Å². The molecule has 84 valence electrons. The fourth-order valence-electron chi connectivity index (χ4n) is 1.79. The minimum atomic E-state index is -1.02. The Morgan fingerprint density at radius 1 is 1.38 bits per heavy atom. The molecule has 0 aliphatic carbocycles. The highest BCUT2D eigenvalue weighted by Crippen LogP contribution is 2.36. The van der Waals surface area contributed by atoms with Crippen molar-refractivity contribution in [3.8, 4) is 5.75 Å². The minimum absolute atomic E-state index is 0.0456. The molecule has 0 amide bonds. The van der Waals surface area contributed by atoms with Crippen molar-refractivity contribution in [1.82, 2.24) is 0 Å². The average molecular weight is 222 g/mol. The maximum absolute atomic E-state index is 10.8. The Balaban J connectivity index is 2.33. The Labute approximate surface area is 91.3 Å². The fourth-order valence-corrected chi connectivity index (χ4v) is 1.79. The van der Waals surface area contributed by atoms with Gasteiger partial charge in [0, 0.05) is 11.5 Å². The molecule has 1 atom stereocenters. The van der Waals surface area contributed by atoms with Gasteiger partial charge in [-0.05, 0) is 18.2 Å². The Morgan fingerprint density at radius 2 is 2.12 bits per heavy atom. The van der Waals surface area contributed by atoms with E-state index in [-0.39, 0.29) is 17.9 Å². The quantitative estimate of drug-likeness (QED) is 0.806. The summed E-state index contributed by atoms with van der Waals surface area (Å²) in [5.74, 6) is -1.62. The van der Waals surface area contributed by atoms with E-state index in [1.807, 2.05) is 0 Å². The standard InChI is InChI=1S/C11H10O5/c12-10(13)4-7-5-16-9-2-1-6(11(14)15)3-8(7)9/h1-3,7H,4-5H2,(H,12,13)(H,14,15). The van der Waals surface area contributed by atoms with Gasteiger partial charge in [0.1, 0.15) is 5.75 Å². The molecule has 2 rings (SSSR count). The van der Waals surface area contributed by atoms with Crippen molar-refractivity contribution in [2.24, 2.45) is 0 Å². The molecule has 0 saturated carbocycles. The van der Waals surface area contributed by atoms with E-state index >= 15 is 0 Å². The Bertz CT molecular complexity index is 452. The molecule has 0 fully saturated rings. The van der Waals surface area contributed by atoms with E-state index in [1.54, 1.807) is 6.07 Å². The van der Waals surface area contributed by atoms with Gasteiger partial charge in [-0.3, -0.25) is 4.79 Å². The van der Waals surface area contributed by atoms with E-state index in [1.165, 1.54) is 12.1 Å². The molecule has 1 aliphatic heterocycles. The summed E-state index contributed by atoms with van der Waals surface area (Å²) in [6.45, 7) is 0.296. The zero-order chi connectivity index (χ0) is 11.7. The van der Waals surface area contributed by atoms with Crippen LogP contribution >= 0.6 is 0 Å². The van der Waals surface area contributed by atoms with Crippen LogP contribution in [0.1, 0.15) is 28.3 Å². The monoisotopic (exact) mass is 222 g/mol. The molecule has 1 aliphatic rings. The van der Waals surface area contributed by atoms with Gasteiger partial charge >= 0.3 is 11.9 Å². The van der Waals surface area contributed by atoms with Crippen LogP contribution in [0.4, 0.5) is 0 Å². The van der Waals surface area contributed by atoms with Gasteiger partial charge in [-0.1, -0.05) is 0 Å². The van der Waals surface area contributed by atoms with E-state index in [2.05, 4.69) is 0 Å². The molecule has 0 spiro atoms. The second-order valence-electron chi connectivity index (χ2n) is 3.66. The van der Waals surface area contributed by atoms with Crippen molar-refractivity contribution >= 4 is 11.9 Å². The first-order chi connectivity index (χ1) is 7.58. The Hall–Kier alpha value is -2.04. The topological polar surface area (TPSA) is 83.8 Å². The van der Waals surface area contributed by atoms with Gasteiger partial charge in [-0.25, -0.2) is 4.79 Å². The molecular formula is C11H10O5. The summed E-state index contributed by atoms with van der Waals surface area (Å²) in [6.07, 6.45) is -0.0456. The minimum Gasteiger partial charge on any atom is -0.493 e. The normalized spacial score (nSPS) is 17.6. The number of ether oxygens (including phenoxy) is 1. The van der Waals surface area contributed by atoms with Crippen LogP contribution in [-0.4, -0.2) is 28.8 Å². The highest BCUT2D eigenvalue weighted by Gasteiger charge is 2.27. The third-order valence-corrected chi connectivity index (χ3v) is 2.56. The third-order valence-electron chi connectivity index (χ3n) is 2.56. The lowest BCUT2D eigenvalue weighted by molar-refractivity contribution is -0.137. The first-order valence-electron chi connectivity index (χ1n) is 4.80. The summed E-state index contributed by atoms with van der Waals surface area (Å²) in [7, 11) is 0. The highest BCUT2D eigenvalue weighted by molar-refractivity contribution is 5.88. The van der Waals surface area contributed by atoms with E-state index in [0.29, 0.717) is 17.9 Å². The number of benzene rings is 1. The maximum Gasteiger partial charge on any atom is 0.335 e. The molecule has 5 heteroatoms. The van der Waals surface area contributed by atoms with E-state index in [0.717, 1.165) is 0 Å². The van der Waals surface area contributed by atoms with Crippen LogP contribution in [0.2, 0.25) is 0 Å². The lowest BCUT2D eigenvalue weighted by Gasteiger charge is -2.05. The fraction of sp³-hybridized carbons (Fsp3) is 0.273. The van der Waals surface area contributed by atoms with Gasteiger partial charge < -0.3 is 14.9 Å². The van der Waals surface area contributed by atoms with Gasteiger partial charge in [0.05, 0.1) is 18.6 Å². The number of carboxylic acid groups (broad SMARTS) is 2. The molecule has 1 heterocycles. The predicted octanol–water partition coefficient (Wildman–Crippen LogP) is 1.34. The number of fused-ring (bicyclic) bond motifs is 1. The SMILES string of the molecule is O=C(O)CC1COc2ccc(C(=O)O)cc21.